The van der Waals surface area contributed by atoms with Crippen molar-refractivity contribution in [2.75, 3.05) is 52.8 Å². The van der Waals surface area contributed by atoms with Crippen LogP contribution in [0.5, 0.6) is 0 Å². The van der Waals surface area contributed by atoms with E-state index in [2.05, 4.69) is 20.9 Å². The number of aliphatic imine (C=N–C) groups is 1. The van der Waals surface area contributed by atoms with Gasteiger partial charge in [0.2, 0.25) is 11.8 Å². The average molecular weight is 331 g/mol. The molecule has 0 radical (unpaired) electrons. The molecular formula is C14H29N5O2S. The van der Waals surface area contributed by atoms with E-state index in [0.29, 0.717) is 12.5 Å². The van der Waals surface area contributed by atoms with Crippen LogP contribution in [0.2, 0.25) is 0 Å². The Labute approximate surface area is 137 Å². The number of carbonyl (C=O) groups is 2. The van der Waals surface area contributed by atoms with Crippen LogP contribution in [0.1, 0.15) is 13.8 Å². The molecule has 0 atom stereocenters. The van der Waals surface area contributed by atoms with Gasteiger partial charge in [-0.15, -0.1) is 0 Å². The molecule has 0 aromatic carbocycles. The molecule has 0 aliphatic rings. The van der Waals surface area contributed by atoms with Gasteiger partial charge < -0.3 is 20.9 Å². The quantitative estimate of drug-likeness (QED) is 0.324. The van der Waals surface area contributed by atoms with Crippen LogP contribution in [0.3, 0.4) is 0 Å². The second-order valence-electron chi connectivity index (χ2n) is 5.69. The molecule has 0 aliphatic heterocycles. The summed E-state index contributed by atoms with van der Waals surface area (Å²) in [5.74, 6) is 1.35. The highest BCUT2D eigenvalue weighted by molar-refractivity contribution is 7.98. The molecule has 7 nitrogen and oxygen atoms in total. The molecule has 0 aromatic heterocycles. The lowest BCUT2D eigenvalue weighted by Gasteiger charge is -2.24. The van der Waals surface area contributed by atoms with Gasteiger partial charge in [-0.2, -0.15) is 11.8 Å². The fraction of sp³-hybridized carbons (Fsp3) is 0.786. The minimum absolute atomic E-state index is 0.0483. The van der Waals surface area contributed by atoms with Gasteiger partial charge in [0.1, 0.15) is 6.54 Å². The fourth-order valence-electron chi connectivity index (χ4n) is 1.46. The topological polar surface area (TPSA) is 85.8 Å². The van der Waals surface area contributed by atoms with Crippen molar-refractivity contribution in [3.05, 3.63) is 0 Å². The molecule has 0 spiro atoms. The Morgan fingerprint density at radius 2 is 1.86 bits per heavy atom. The second kappa shape index (κ2) is 10.3. The monoisotopic (exact) mass is 331 g/mol. The highest BCUT2D eigenvalue weighted by atomic mass is 32.2. The summed E-state index contributed by atoms with van der Waals surface area (Å²) in [5, 5.41) is 8.93. The molecular weight excluding hydrogens is 302 g/mol. The van der Waals surface area contributed by atoms with Gasteiger partial charge in [-0.25, -0.2) is 4.99 Å². The number of guanidine groups is 1. The van der Waals surface area contributed by atoms with Crippen LogP contribution < -0.4 is 16.0 Å². The highest BCUT2D eigenvalue weighted by Crippen LogP contribution is 2.12. The predicted octanol–water partition coefficient (Wildman–Crippen LogP) is -0.255. The van der Waals surface area contributed by atoms with E-state index in [1.807, 2.05) is 20.1 Å². The van der Waals surface area contributed by atoms with E-state index < -0.39 is 5.41 Å². The molecule has 22 heavy (non-hydrogen) atoms. The lowest BCUT2D eigenvalue weighted by Crippen LogP contribution is -2.47. The first-order valence-corrected chi connectivity index (χ1v) is 8.57. The minimum Gasteiger partial charge on any atom is -0.359 e. The summed E-state index contributed by atoms with van der Waals surface area (Å²) in [6.07, 6.45) is 2.02. The van der Waals surface area contributed by atoms with Crippen LogP contribution in [0.25, 0.3) is 0 Å². The van der Waals surface area contributed by atoms with Crippen LogP contribution in [0.15, 0.2) is 4.99 Å². The number of rotatable bonds is 8. The highest BCUT2D eigenvalue weighted by Gasteiger charge is 2.26. The van der Waals surface area contributed by atoms with Gasteiger partial charge in [-0.3, -0.25) is 9.59 Å². The van der Waals surface area contributed by atoms with Gasteiger partial charge in [0.05, 0.1) is 5.41 Å². The molecule has 0 aromatic rings. The standard InChI is InChI=1S/C14H29N5O2S/c1-14(2,12(21)15-3)10-18-13(16-7-8-22-6)17-9-11(20)19(4)5/h7-10H2,1-6H3,(H,15,21)(H2,16,17,18). The zero-order valence-corrected chi connectivity index (χ0v) is 15.3. The van der Waals surface area contributed by atoms with Crippen LogP contribution in [-0.4, -0.2) is 75.5 Å². The summed E-state index contributed by atoms with van der Waals surface area (Å²) in [6, 6.07) is 0. The molecule has 0 bridgehead atoms. The van der Waals surface area contributed by atoms with Crippen molar-refractivity contribution >= 4 is 29.5 Å². The van der Waals surface area contributed by atoms with E-state index in [-0.39, 0.29) is 18.4 Å². The summed E-state index contributed by atoms with van der Waals surface area (Å²) >= 11 is 1.72. The minimum atomic E-state index is -0.567. The van der Waals surface area contributed by atoms with Crippen LogP contribution in [-0.2, 0) is 9.59 Å². The van der Waals surface area contributed by atoms with Crippen molar-refractivity contribution in [1.29, 1.82) is 0 Å². The Kier molecular flexibility index (Phi) is 9.64. The average Bonchev–Trinajstić information content (AvgIpc) is 2.48. The van der Waals surface area contributed by atoms with Crippen molar-refractivity contribution in [3.63, 3.8) is 0 Å². The Morgan fingerprint density at radius 1 is 1.23 bits per heavy atom. The Bertz CT molecular complexity index is 397. The summed E-state index contributed by atoms with van der Waals surface area (Å²) < 4.78 is 0. The number of thioether (sulfide) groups is 1. The molecule has 0 rings (SSSR count). The Morgan fingerprint density at radius 3 is 2.36 bits per heavy atom. The number of likely N-dealkylation sites (N-methyl/N-ethyl adjacent to an activating group) is 1. The van der Waals surface area contributed by atoms with Crippen molar-refractivity contribution in [2.45, 2.75) is 13.8 Å². The van der Waals surface area contributed by atoms with Crippen LogP contribution >= 0.6 is 11.8 Å². The number of nitrogens with one attached hydrogen (secondary N) is 3. The van der Waals surface area contributed by atoms with Crippen LogP contribution in [0.4, 0.5) is 0 Å². The molecule has 2 amide bonds. The largest absolute Gasteiger partial charge is 0.359 e. The van der Waals surface area contributed by atoms with Crippen molar-refractivity contribution in [2.24, 2.45) is 10.4 Å². The van der Waals surface area contributed by atoms with Gasteiger partial charge >= 0.3 is 0 Å². The van der Waals surface area contributed by atoms with E-state index >= 15 is 0 Å². The summed E-state index contributed by atoms with van der Waals surface area (Å²) in [5.41, 5.74) is -0.567. The molecule has 0 fully saturated rings. The summed E-state index contributed by atoms with van der Waals surface area (Å²) in [4.78, 5) is 29.2. The normalized spacial score (nSPS) is 11.8. The maximum absolute atomic E-state index is 11.8. The molecule has 0 heterocycles. The third-order valence-electron chi connectivity index (χ3n) is 3.01. The zero-order chi connectivity index (χ0) is 17.2. The lowest BCUT2D eigenvalue weighted by atomic mass is 9.92. The molecule has 128 valence electrons. The fourth-order valence-corrected chi connectivity index (χ4v) is 1.76. The van der Waals surface area contributed by atoms with E-state index in [1.165, 1.54) is 4.90 Å². The summed E-state index contributed by atoms with van der Waals surface area (Å²) in [6.45, 7) is 4.94. The first-order chi connectivity index (χ1) is 10.2. The smallest absolute Gasteiger partial charge is 0.243 e. The first kappa shape index (κ1) is 20.6. The maximum Gasteiger partial charge on any atom is 0.243 e. The van der Waals surface area contributed by atoms with Gasteiger partial charge in [0, 0.05) is 40.0 Å². The van der Waals surface area contributed by atoms with Crippen molar-refractivity contribution in [1.82, 2.24) is 20.9 Å². The van der Waals surface area contributed by atoms with Gasteiger partial charge in [-0.1, -0.05) is 0 Å². The second-order valence-corrected chi connectivity index (χ2v) is 6.67. The van der Waals surface area contributed by atoms with Crippen LogP contribution in [0, 0.1) is 5.41 Å². The number of nitrogens with zero attached hydrogens (tertiary/aromatic N) is 2. The van der Waals surface area contributed by atoms with E-state index in [4.69, 9.17) is 0 Å². The molecule has 0 aliphatic carbocycles. The van der Waals surface area contributed by atoms with Gasteiger partial charge in [0.25, 0.3) is 0 Å². The molecule has 0 unspecified atom stereocenters. The Hall–Kier alpha value is -1.44. The predicted molar refractivity (Wildman–Crippen MR) is 93.2 cm³/mol. The maximum atomic E-state index is 11.8. The first-order valence-electron chi connectivity index (χ1n) is 7.18. The molecule has 0 saturated heterocycles. The molecule has 8 heteroatoms. The third-order valence-corrected chi connectivity index (χ3v) is 3.62. The van der Waals surface area contributed by atoms with Crippen molar-refractivity contribution < 1.29 is 9.59 Å². The van der Waals surface area contributed by atoms with E-state index in [1.54, 1.807) is 32.9 Å². The van der Waals surface area contributed by atoms with E-state index in [9.17, 15) is 9.59 Å². The van der Waals surface area contributed by atoms with Gasteiger partial charge in [-0.05, 0) is 20.1 Å². The number of hydrogen-bond donors (Lipinski definition) is 3. The third kappa shape index (κ3) is 8.11. The lowest BCUT2D eigenvalue weighted by molar-refractivity contribution is -0.128. The van der Waals surface area contributed by atoms with Crippen molar-refractivity contribution in [3.8, 4) is 0 Å². The Balaban J connectivity index is 4.68. The van der Waals surface area contributed by atoms with Gasteiger partial charge in [0.15, 0.2) is 5.96 Å². The summed E-state index contributed by atoms with van der Waals surface area (Å²) in [7, 11) is 5.01. The number of carbonyl (C=O) groups excluding carboxylic acids is 2. The SMILES string of the molecule is CNC(=O)C(C)(C)CNC(=NCC(=O)N(C)C)NCCSC. The van der Waals surface area contributed by atoms with E-state index in [0.717, 1.165) is 12.3 Å². The number of amides is 2. The zero-order valence-electron chi connectivity index (χ0n) is 14.4. The molecule has 0 saturated carbocycles. The molecule has 3 N–H and O–H groups in total. The number of hydrogen-bond acceptors (Lipinski definition) is 4.